The van der Waals surface area contributed by atoms with Gasteiger partial charge in [0.05, 0.1) is 5.66 Å². The van der Waals surface area contributed by atoms with E-state index >= 15 is 0 Å². The molecule has 0 aliphatic heterocycles. The molecule has 0 aromatic rings. The summed E-state index contributed by atoms with van der Waals surface area (Å²) >= 11 is 0. The number of hydrogen-bond acceptors (Lipinski definition) is 2. The van der Waals surface area contributed by atoms with E-state index in [4.69, 9.17) is 11.5 Å². The maximum atomic E-state index is 6.06. The first-order valence-electron chi connectivity index (χ1n) is 6.16. The van der Waals surface area contributed by atoms with Crippen molar-refractivity contribution < 1.29 is 0 Å². The second-order valence-electron chi connectivity index (χ2n) is 4.42. The average Bonchev–Trinajstić information content (AvgIpc) is 2.17. The number of nitrogens with two attached hydrogens (primary N) is 2. The molecule has 0 fully saturated rings. The number of rotatable bonds is 8. The summed E-state index contributed by atoms with van der Waals surface area (Å²) in [4.78, 5) is 0. The molecule has 0 heterocycles. The van der Waals surface area contributed by atoms with Gasteiger partial charge in [-0.05, 0) is 18.8 Å². The lowest BCUT2D eigenvalue weighted by atomic mass is 9.85. The second-order valence-corrected chi connectivity index (χ2v) is 4.42. The molecule has 0 saturated carbocycles. The Kier molecular flexibility index (Phi) is 7.20. The Labute approximate surface area is 89.4 Å². The number of unbranched alkanes of at least 4 members (excludes halogenated alkanes) is 3. The SMILES string of the molecule is CCCCCCC(CC)C(N)(N)CC. The van der Waals surface area contributed by atoms with Gasteiger partial charge < -0.3 is 11.5 Å². The van der Waals surface area contributed by atoms with Crippen molar-refractivity contribution in [2.24, 2.45) is 17.4 Å². The zero-order valence-corrected chi connectivity index (χ0v) is 10.2. The van der Waals surface area contributed by atoms with Crippen molar-refractivity contribution in [3.8, 4) is 0 Å². The van der Waals surface area contributed by atoms with Gasteiger partial charge in [-0.15, -0.1) is 0 Å². The van der Waals surface area contributed by atoms with Gasteiger partial charge in [-0.2, -0.15) is 0 Å². The van der Waals surface area contributed by atoms with E-state index in [-0.39, 0.29) is 0 Å². The molecule has 0 spiro atoms. The topological polar surface area (TPSA) is 52.0 Å². The molecule has 86 valence electrons. The molecule has 4 N–H and O–H groups in total. The van der Waals surface area contributed by atoms with Crippen LogP contribution in [0.3, 0.4) is 0 Å². The molecule has 2 nitrogen and oxygen atoms in total. The van der Waals surface area contributed by atoms with Crippen LogP contribution in [0.2, 0.25) is 0 Å². The minimum absolute atomic E-state index is 0.443. The standard InChI is InChI=1S/C12H28N2/c1-4-7-8-9-10-11(5-2)12(13,14)6-3/h11H,4-10,13-14H2,1-3H3. The Balaban J connectivity index is 3.79. The lowest BCUT2D eigenvalue weighted by Crippen LogP contribution is -2.54. The largest absolute Gasteiger partial charge is 0.313 e. The quantitative estimate of drug-likeness (QED) is 0.467. The van der Waals surface area contributed by atoms with Crippen LogP contribution in [-0.2, 0) is 0 Å². The highest BCUT2D eigenvalue weighted by Crippen LogP contribution is 2.23. The van der Waals surface area contributed by atoms with Crippen molar-refractivity contribution in [2.75, 3.05) is 0 Å². The highest BCUT2D eigenvalue weighted by molar-refractivity contribution is 4.83. The highest BCUT2D eigenvalue weighted by Gasteiger charge is 2.26. The van der Waals surface area contributed by atoms with Crippen LogP contribution in [0.4, 0.5) is 0 Å². The molecule has 1 atom stereocenters. The first-order chi connectivity index (χ1) is 6.58. The van der Waals surface area contributed by atoms with Gasteiger partial charge in [0.15, 0.2) is 0 Å². The normalized spacial score (nSPS) is 14.4. The molecular weight excluding hydrogens is 172 g/mol. The third-order valence-electron chi connectivity index (χ3n) is 3.27. The van der Waals surface area contributed by atoms with E-state index in [1.165, 1.54) is 32.1 Å². The average molecular weight is 200 g/mol. The van der Waals surface area contributed by atoms with Crippen LogP contribution in [0.25, 0.3) is 0 Å². The maximum Gasteiger partial charge on any atom is 0.0662 e. The fraction of sp³-hybridized carbons (Fsp3) is 1.00. The Hall–Kier alpha value is -0.0800. The summed E-state index contributed by atoms with van der Waals surface area (Å²) in [5.74, 6) is 0.490. The first kappa shape index (κ1) is 13.9. The van der Waals surface area contributed by atoms with E-state index in [1.807, 2.05) is 0 Å². The fourth-order valence-corrected chi connectivity index (χ4v) is 1.96. The van der Waals surface area contributed by atoms with Gasteiger partial charge in [0.2, 0.25) is 0 Å². The third kappa shape index (κ3) is 4.97. The fourth-order valence-electron chi connectivity index (χ4n) is 1.96. The molecule has 0 bridgehead atoms. The predicted octanol–water partition coefficient (Wildman–Crippen LogP) is 3.01. The van der Waals surface area contributed by atoms with Crippen molar-refractivity contribution in [2.45, 2.75) is 71.4 Å². The van der Waals surface area contributed by atoms with Crippen LogP contribution in [0.15, 0.2) is 0 Å². The van der Waals surface area contributed by atoms with Crippen LogP contribution in [-0.4, -0.2) is 5.66 Å². The summed E-state index contributed by atoms with van der Waals surface area (Å²) in [6.45, 7) is 6.50. The molecule has 0 rings (SSSR count). The third-order valence-corrected chi connectivity index (χ3v) is 3.27. The van der Waals surface area contributed by atoms with Gasteiger partial charge in [0, 0.05) is 0 Å². The Morgan fingerprint density at radius 3 is 2.07 bits per heavy atom. The molecule has 0 aliphatic carbocycles. The molecule has 14 heavy (non-hydrogen) atoms. The molecule has 1 unspecified atom stereocenters. The lowest BCUT2D eigenvalue weighted by Gasteiger charge is -2.32. The maximum absolute atomic E-state index is 6.06. The molecule has 2 heteroatoms. The summed E-state index contributed by atoms with van der Waals surface area (Å²) in [7, 11) is 0. The zero-order chi connectivity index (χ0) is 11.0. The van der Waals surface area contributed by atoms with Crippen LogP contribution in [0, 0.1) is 5.92 Å². The summed E-state index contributed by atoms with van der Waals surface area (Å²) in [6, 6.07) is 0. The Morgan fingerprint density at radius 1 is 1.00 bits per heavy atom. The molecule has 0 aromatic carbocycles. The first-order valence-corrected chi connectivity index (χ1v) is 6.16. The minimum atomic E-state index is -0.443. The van der Waals surface area contributed by atoms with Crippen LogP contribution in [0.1, 0.15) is 65.7 Å². The predicted molar refractivity (Wildman–Crippen MR) is 63.9 cm³/mol. The van der Waals surface area contributed by atoms with Gasteiger partial charge in [0.25, 0.3) is 0 Å². The highest BCUT2D eigenvalue weighted by atomic mass is 15.0. The van der Waals surface area contributed by atoms with Crippen molar-refractivity contribution >= 4 is 0 Å². The zero-order valence-electron chi connectivity index (χ0n) is 10.2. The van der Waals surface area contributed by atoms with E-state index in [0.717, 1.165) is 12.8 Å². The van der Waals surface area contributed by atoms with Crippen LogP contribution in [0.5, 0.6) is 0 Å². The van der Waals surface area contributed by atoms with Crippen LogP contribution >= 0.6 is 0 Å². The Morgan fingerprint density at radius 2 is 1.64 bits per heavy atom. The monoisotopic (exact) mass is 200 g/mol. The van der Waals surface area contributed by atoms with Crippen molar-refractivity contribution in [3.63, 3.8) is 0 Å². The summed E-state index contributed by atoms with van der Waals surface area (Å²) < 4.78 is 0. The van der Waals surface area contributed by atoms with E-state index in [2.05, 4.69) is 20.8 Å². The smallest absolute Gasteiger partial charge is 0.0662 e. The molecule has 0 aliphatic rings. The van der Waals surface area contributed by atoms with Gasteiger partial charge in [-0.3, -0.25) is 0 Å². The van der Waals surface area contributed by atoms with Gasteiger partial charge in [-0.1, -0.05) is 52.9 Å². The van der Waals surface area contributed by atoms with E-state index in [9.17, 15) is 0 Å². The second kappa shape index (κ2) is 7.24. The molecular formula is C12H28N2. The molecule has 0 amide bonds. The van der Waals surface area contributed by atoms with E-state index in [1.54, 1.807) is 0 Å². The molecule has 0 aromatic heterocycles. The molecule has 0 radical (unpaired) electrons. The summed E-state index contributed by atoms with van der Waals surface area (Å²) in [5.41, 5.74) is 11.7. The van der Waals surface area contributed by atoms with Gasteiger partial charge in [0.1, 0.15) is 0 Å². The van der Waals surface area contributed by atoms with E-state index < -0.39 is 5.66 Å². The van der Waals surface area contributed by atoms with E-state index in [0.29, 0.717) is 5.92 Å². The summed E-state index contributed by atoms with van der Waals surface area (Å²) in [5, 5.41) is 0. The van der Waals surface area contributed by atoms with Gasteiger partial charge >= 0.3 is 0 Å². The minimum Gasteiger partial charge on any atom is -0.313 e. The number of hydrogen-bond donors (Lipinski definition) is 2. The lowest BCUT2D eigenvalue weighted by molar-refractivity contribution is 0.240. The Bertz CT molecular complexity index is 132. The summed E-state index contributed by atoms with van der Waals surface area (Å²) in [6.07, 6.45) is 8.41. The van der Waals surface area contributed by atoms with Crippen LogP contribution < -0.4 is 11.5 Å². The van der Waals surface area contributed by atoms with Gasteiger partial charge in [-0.25, -0.2) is 0 Å². The van der Waals surface area contributed by atoms with Crippen molar-refractivity contribution in [3.05, 3.63) is 0 Å². The van der Waals surface area contributed by atoms with Crippen molar-refractivity contribution in [1.82, 2.24) is 0 Å². The van der Waals surface area contributed by atoms with Crippen molar-refractivity contribution in [1.29, 1.82) is 0 Å². The molecule has 0 saturated heterocycles.